The Morgan fingerprint density at radius 2 is 1.95 bits per heavy atom. The van der Waals surface area contributed by atoms with Crippen LogP contribution in [0, 0.1) is 24.0 Å². The van der Waals surface area contributed by atoms with Crippen molar-refractivity contribution in [1.29, 1.82) is 0 Å². The van der Waals surface area contributed by atoms with E-state index in [0.717, 1.165) is 16.1 Å². The Kier molecular flexibility index (Phi) is 6.78. The number of non-ortho nitro benzene ring substituents is 1. The van der Waals surface area contributed by atoms with Crippen LogP contribution in [0.4, 0.5) is 17.1 Å². The van der Waals surface area contributed by atoms with Crippen molar-refractivity contribution in [1.82, 2.24) is 25.1 Å². The van der Waals surface area contributed by atoms with Gasteiger partial charge in [-0.2, -0.15) is 9.61 Å². The van der Waals surface area contributed by atoms with Crippen LogP contribution in [0.1, 0.15) is 21.7 Å². The summed E-state index contributed by atoms with van der Waals surface area (Å²) < 4.78 is 7.08. The van der Waals surface area contributed by atoms with Crippen LogP contribution < -0.4 is 15.5 Å². The number of carbonyl (C=O) groups excluding carboxylic acids is 1. The fourth-order valence-electron chi connectivity index (χ4n) is 3.94. The van der Waals surface area contributed by atoms with Gasteiger partial charge in [-0.25, -0.2) is 0 Å². The van der Waals surface area contributed by atoms with Gasteiger partial charge in [0, 0.05) is 36.5 Å². The SMILES string of the molecule is Cc1ccc(-c2nn3c(C)nnc3s2)cc1NC(=S)NC(=O)c1cc([N+](=O)[O-])ccc1N1CCOCC1. The average molecular weight is 539 g/mol. The number of fused-ring (bicyclic) bond motifs is 1. The quantitative estimate of drug-likeness (QED) is 0.221. The molecule has 0 radical (unpaired) electrons. The number of rotatable bonds is 5. The second-order valence-electron chi connectivity index (χ2n) is 8.34. The van der Waals surface area contributed by atoms with Gasteiger partial charge in [0.05, 0.1) is 29.4 Å². The monoisotopic (exact) mass is 538 g/mol. The Bertz CT molecular complexity index is 1530. The van der Waals surface area contributed by atoms with Crippen molar-refractivity contribution < 1.29 is 14.5 Å². The third-order valence-electron chi connectivity index (χ3n) is 5.89. The molecule has 5 rings (SSSR count). The molecule has 1 saturated heterocycles. The lowest BCUT2D eigenvalue weighted by molar-refractivity contribution is -0.384. The number of nitrogens with zero attached hydrogens (tertiary/aromatic N) is 6. The Morgan fingerprint density at radius 1 is 1.16 bits per heavy atom. The lowest BCUT2D eigenvalue weighted by Gasteiger charge is -2.30. The van der Waals surface area contributed by atoms with E-state index in [2.05, 4.69) is 25.9 Å². The molecule has 12 nitrogen and oxygen atoms in total. The Morgan fingerprint density at radius 3 is 2.68 bits per heavy atom. The summed E-state index contributed by atoms with van der Waals surface area (Å²) in [6, 6.07) is 10.0. The molecule has 0 spiro atoms. The van der Waals surface area contributed by atoms with E-state index in [0.29, 0.717) is 48.5 Å². The first-order valence-electron chi connectivity index (χ1n) is 11.3. The first-order valence-corrected chi connectivity index (χ1v) is 12.6. The van der Waals surface area contributed by atoms with Gasteiger partial charge in [0.2, 0.25) is 4.96 Å². The van der Waals surface area contributed by atoms with E-state index in [4.69, 9.17) is 17.0 Å². The molecular weight excluding hydrogens is 516 g/mol. The highest BCUT2D eigenvalue weighted by molar-refractivity contribution is 7.80. The van der Waals surface area contributed by atoms with Crippen LogP contribution in [-0.4, -0.2) is 62.1 Å². The molecule has 0 unspecified atom stereocenters. The van der Waals surface area contributed by atoms with E-state index in [1.54, 1.807) is 10.6 Å². The highest BCUT2D eigenvalue weighted by Gasteiger charge is 2.23. The second-order valence-corrected chi connectivity index (χ2v) is 9.71. The molecule has 1 aliphatic heterocycles. The molecule has 2 N–H and O–H groups in total. The number of ether oxygens (including phenoxy) is 1. The van der Waals surface area contributed by atoms with E-state index < -0.39 is 10.8 Å². The summed E-state index contributed by atoms with van der Waals surface area (Å²) in [7, 11) is 0. The molecule has 37 heavy (non-hydrogen) atoms. The van der Waals surface area contributed by atoms with Gasteiger partial charge in [-0.3, -0.25) is 20.2 Å². The first kappa shape index (κ1) is 24.7. The summed E-state index contributed by atoms with van der Waals surface area (Å²) in [5.74, 6) is 0.157. The lowest BCUT2D eigenvalue weighted by atomic mass is 10.1. The van der Waals surface area contributed by atoms with Gasteiger partial charge in [0.1, 0.15) is 5.01 Å². The van der Waals surface area contributed by atoms with E-state index in [1.165, 1.54) is 23.5 Å². The Balaban J connectivity index is 1.36. The van der Waals surface area contributed by atoms with E-state index >= 15 is 0 Å². The van der Waals surface area contributed by atoms with Gasteiger partial charge in [-0.15, -0.1) is 10.2 Å². The number of aryl methyl sites for hydroxylation is 2. The van der Waals surface area contributed by atoms with Crippen molar-refractivity contribution in [2.75, 3.05) is 36.5 Å². The molecule has 2 aromatic carbocycles. The third kappa shape index (κ3) is 5.12. The van der Waals surface area contributed by atoms with Crippen LogP contribution in [-0.2, 0) is 4.74 Å². The molecule has 0 bridgehead atoms. The maximum Gasteiger partial charge on any atom is 0.270 e. The van der Waals surface area contributed by atoms with Crippen LogP contribution in [0.25, 0.3) is 15.5 Å². The van der Waals surface area contributed by atoms with E-state index in [9.17, 15) is 14.9 Å². The zero-order chi connectivity index (χ0) is 26.1. The third-order valence-corrected chi connectivity index (χ3v) is 7.05. The number of nitro groups is 1. The number of morpholine rings is 1. The number of nitrogens with one attached hydrogen (secondary N) is 2. The molecule has 0 saturated carbocycles. The summed E-state index contributed by atoms with van der Waals surface area (Å²) in [6.07, 6.45) is 0. The molecule has 3 heterocycles. The predicted octanol–water partition coefficient (Wildman–Crippen LogP) is 3.34. The first-order chi connectivity index (χ1) is 17.8. The minimum atomic E-state index is -0.541. The Labute approximate surface area is 220 Å². The molecule has 0 aliphatic carbocycles. The van der Waals surface area contributed by atoms with Crippen molar-refractivity contribution in [2.45, 2.75) is 13.8 Å². The van der Waals surface area contributed by atoms with Gasteiger partial charge in [0.25, 0.3) is 11.6 Å². The fourth-order valence-corrected chi connectivity index (χ4v) is 5.03. The maximum atomic E-state index is 13.2. The number of thiocarbonyl (C=S) groups is 1. The minimum absolute atomic E-state index is 0.0682. The molecule has 1 fully saturated rings. The molecule has 1 aliphatic rings. The van der Waals surface area contributed by atoms with Gasteiger partial charge < -0.3 is 15.0 Å². The second kappa shape index (κ2) is 10.2. The molecule has 14 heteroatoms. The molecule has 2 aromatic heterocycles. The van der Waals surface area contributed by atoms with Crippen molar-refractivity contribution in [3.05, 3.63) is 63.5 Å². The van der Waals surface area contributed by atoms with E-state index in [-0.39, 0.29) is 16.4 Å². The number of hydrogen-bond acceptors (Lipinski definition) is 10. The number of nitro benzene ring substituents is 1. The number of anilines is 2. The minimum Gasteiger partial charge on any atom is -0.378 e. The summed E-state index contributed by atoms with van der Waals surface area (Å²) >= 11 is 6.84. The average Bonchev–Trinajstić information content (AvgIpc) is 3.47. The van der Waals surface area contributed by atoms with Crippen LogP contribution in [0.15, 0.2) is 36.4 Å². The molecule has 1 amide bonds. The summed E-state index contributed by atoms with van der Waals surface area (Å²) in [5.41, 5.74) is 3.03. The summed E-state index contributed by atoms with van der Waals surface area (Å²) in [6.45, 7) is 5.91. The van der Waals surface area contributed by atoms with Gasteiger partial charge in [-0.1, -0.05) is 23.5 Å². The van der Waals surface area contributed by atoms with Gasteiger partial charge in [0.15, 0.2) is 10.9 Å². The van der Waals surface area contributed by atoms with Crippen LogP contribution in [0.3, 0.4) is 0 Å². The number of hydrogen-bond donors (Lipinski definition) is 2. The molecule has 190 valence electrons. The Hall–Kier alpha value is -4.01. The fraction of sp³-hybridized carbons (Fsp3) is 0.261. The maximum absolute atomic E-state index is 13.2. The van der Waals surface area contributed by atoms with Gasteiger partial charge >= 0.3 is 0 Å². The molecule has 4 aromatic rings. The number of carbonyl (C=O) groups is 1. The topological polar surface area (TPSA) is 140 Å². The van der Waals surface area contributed by atoms with E-state index in [1.807, 2.05) is 36.9 Å². The van der Waals surface area contributed by atoms with Gasteiger partial charge in [-0.05, 0) is 43.8 Å². The predicted molar refractivity (Wildman–Crippen MR) is 143 cm³/mol. The number of aromatic nitrogens is 4. The smallest absolute Gasteiger partial charge is 0.270 e. The van der Waals surface area contributed by atoms with Crippen LogP contribution >= 0.6 is 23.6 Å². The summed E-state index contributed by atoms with van der Waals surface area (Å²) in [5, 5.41) is 30.6. The molecule has 0 atom stereocenters. The summed E-state index contributed by atoms with van der Waals surface area (Å²) in [4.78, 5) is 26.7. The van der Waals surface area contributed by atoms with Crippen LogP contribution in [0.5, 0.6) is 0 Å². The highest BCUT2D eigenvalue weighted by Crippen LogP contribution is 2.30. The number of benzene rings is 2. The zero-order valence-corrected chi connectivity index (χ0v) is 21.6. The zero-order valence-electron chi connectivity index (χ0n) is 19.9. The van der Waals surface area contributed by atoms with Crippen molar-refractivity contribution in [2.24, 2.45) is 0 Å². The van der Waals surface area contributed by atoms with Crippen molar-refractivity contribution in [3.63, 3.8) is 0 Å². The lowest BCUT2D eigenvalue weighted by Crippen LogP contribution is -2.39. The largest absolute Gasteiger partial charge is 0.378 e. The molecular formula is C23H22N8O4S2. The number of amides is 1. The van der Waals surface area contributed by atoms with Crippen LogP contribution in [0.2, 0.25) is 0 Å². The van der Waals surface area contributed by atoms with Crippen molar-refractivity contribution in [3.8, 4) is 10.6 Å². The highest BCUT2D eigenvalue weighted by atomic mass is 32.1. The normalized spacial score (nSPS) is 13.5. The standard InChI is InChI=1S/C23H22N8O4S2/c1-13-3-4-15(21-28-30-14(2)26-27-23(30)37-21)11-18(13)24-22(36)25-20(32)17-12-16(31(33)34)5-6-19(17)29-7-9-35-10-8-29/h3-6,11-12H,7-10H2,1-2H3,(H2,24,25,32,36). The van der Waals surface area contributed by atoms with Crippen molar-refractivity contribution >= 4 is 56.6 Å².